The van der Waals surface area contributed by atoms with E-state index in [1.54, 1.807) is 0 Å². The number of hydrogen-bond donors (Lipinski definition) is 1. The van der Waals surface area contributed by atoms with Gasteiger partial charge in [0.05, 0.1) is 0 Å². The third kappa shape index (κ3) is 3.75. The van der Waals surface area contributed by atoms with E-state index < -0.39 is 0 Å². The smallest absolute Gasteiger partial charge is 0.0235 e. The van der Waals surface area contributed by atoms with Crippen molar-refractivity contribution >= 4 is 0 Å². The molecule has 0 radical (unpaired) electrons. The van der Waals surface area contributed by atoms with Crippen molar-refractivity contribution in [3.63, 3.8) is 0 Å². The molecule has 2 heterocycles. The van der Waals surface area contributed by atoms with Crippen LogP contribution in [0.5, 0.6) is 0 Å². The molecule has 0 aromatic carbocycles. The minimum atomic E-state index is 0.168. The molecule has 20 heavy (non-hydrogen) atoms. The van der Waals surface area contributed by atoms with Crippen molar-refractivity contribution in [2.24, 2.45) is 5.73 Å². The van der Waals surface area contributed by atoms with Gasteiger partial charge in [0, 0.05) is 18.1 Å². The molecule has 3 fully saturated rings. The molecule has 1 aliphatic carbocycles. The molecule has 2 N–H and O–H groups in total. The van der Waals surface area contributed by atoms with Crippen LogP contribution < -0.4 is 5.73 Å². The number of nitrogens with zero attached hydrogens (tertiary/aromatic N) is 2. The Kier molecular flexibility index (Phi) is 5.00. The highest BCUT2D eigenvalue weighted by Crippen LogP contribution is 2.29. The Bertz CT molecular complexity index is 293. The summed E-state index contributed by atoms with van der Waals surface area (Å²) in [5.74, 6) is 0. The first-order valence-corrected chi connectivity index (χ1v) is 9.01. The van der Waals surface area contributed by atoms with Crippen LogP contribution in [0.3, 0.4) is 0 Å². The summed E-state index contributed by atoms with van der Waals surface area (Å²) in [6.07, 6.45) is 13.5. The van der Waals surface area contributed by atoms with Crippen molar-refractivity contribution in [2.45, 2.75) is 75.8 Å². The van der Waals surface area contributed by atoms with Gasteiger partial charge in [0.25, 0.3) is 0 Å². The number of nitrogens with two attached hydrogens (primary N) is 1. The predicted octanol–water partition coefficient (Wildman–Crippen LogP) is 2.60. The fraction of sp³-hybridized carbons (Fsp3) is 1.00. The van der Waals surface area contributed by atoms with Crippen LogP contribution in [0.25, 0.3) is 0 Å². The molecule has 1 saturated carbocycles. The second-order valence-corrected chi connectivity index (χ2v) is 7.51. The number of hydrogen-bond acceptors (Lipinski definition) is 3. The summed E-state index contributed by atoms with van der Waals surface area (Å²) in [4.78, 5) is 5.44. The summed E-state index contributed by atoms with van der Waals surface area (Å²) in [5.41, 5.74) is 6.75. The van der Waals surface area contributed by atoms with Gasteiger partial charge in [-0.15, -0.1) is 0 Å². The fourth-order valence-electron chi connectivity index (χ4n) is 4.48. The Hall–Kier alpha value is -0.120. The Labute approximate surface area is 124 Å². The second-order valence-electron chi connectivity index (χ2n) is 7.51. The Balaban J connectivity index is 1.41. The molecule has 3 aliphatic rings. The normalized spacial score (nSPS) is 32.5. The summed E-state index contributed by atoms with van der Waals surface area (Å²) in [6.45, 7) is 6.53. The zero-order valence-electron chi connectivity index (χ0n) is 13.2. The molecule has 0 bridgehead atoms. The van der Waals surface area contributed by atoms with Crippen LogP contribution in [0.15, 0.2) is 0 Å². The quantitative estimate of drug-likeness (QED) is 0.858. The molecule has 3 nitrogen and oxygen atoms in total. The minimum Gasteiger partial charge on any atom is -0.325 e. The van der Waals surface area contributed by atoms with Gasteiger partial charge >= 0.3 is 0 Å². The van der Waals surface area contributed by atoms with Crippen LogP contribution in [-0.2, 0) is 0 Å². The SMILES string of the molecule is NC1(CCN2CCC(N3CCCCC3)C2)CCCCC1. The number of rotatable bonds is 4. The van der Waals surface area contributed by atoms with E-state index >= 15 is 0 Å². The third-order valence-electron chi connectivity index (χ3n) is 5.93. The van der Waals surface area contributed by atoms with E-state index in [0.717, 1.165) is 6.04 Å². The van der Waals surface area contributed by atoms with Gasteiger partial charge in [0.15, 0.2) is 0 Å². The summed E-state index contributed by atoms with van der Waals surface area (Å²) < 4.78 is 0. The van der Waals surface area contributed by atoms with Crippen molar-refractivity contribution in [3.8, 4) is 0 Å². The monoisotopic (exact) mass is 279 g/mol. The molecule has 0 spiro atoms. The van der Waals surface area contributed by atoms with Crippen LogP contribution in [0.4, 0.5) is 0 Å². The van der Waals surface area contributed by atoms with Crippen LogP contribution in [0.2, 0.25) is 0 Å². The van der Waals surface area contributed by atoms with Crippen LogP contribution >= 0.6 is 0 Å². The maximum absolute atomic E-state index is 6.58. The van der Waals surface area contributed by atoms with Gasteiger partial charge in [-0.1, -0.05) is 25.7 Å². The van der Waals surface area contributed by atoms with Crippen molar-refractivity contribution < 1.29 is 0 Å². The molecule has 0 aromatic heterocycles. The largest absolute Gasteiger partial charge is 0.325 e. The molecular formula is C17H33N3. The van der Waals surface area contributed by atoms with Gasteiger partial charge < -0.3 is 10.6 Å². The van der Waals surface area contributed by atoms with E-state index in [4.69, 9.17) is 5.73 Å². The van der Waals surface area contributed by atoms with E-state index in [1.165, 1.54) is 96.9 Å². The molecular weight excluding hydrogens is 246 g/mol. The second kappa shape index (κ2) is 6.76. The molecule has 3 heteroatoms. The van der Waals surface area contributed by atoms with Crippen LogP contribution in [-0.4, -0.2) is 54.1 Å². The highest BCUT2D eigenvalue weighted by molar-refractivity contribution is 4.90. The third-order valence-corrected chi connectivity index (χ3v) is 5.93. The zero-order chi connectivity index (χ0) is 13.8. The molecule has 116 valence electrons. The Morgan fingerprint density at radius 1 is 0.900 bits per heavy atom. The van der Waals surface area contributed by atoms with Crippen molar-refractivity contribution in [1.82, 2.24) is 9.80 Å². The fourth-order valence-corrected chi connectivity index (χ4v) is 4.48. The van der Waals surface area contributed by atoms with Crippen molar-refractivity contribution in [2.75, 3.05) is 32.7 Å². The number of piperidine rings is 1. The van der Waals surface area contributed by atoms with Gasteiger partial charge in [-0.25, -0.2) is 0 Å². The summed E-state index contributed by atoms with van der Waals surface area (Å²) >= 11 is 0. The van der Waals surface area contributed by atoms with Gasteiger partial charge in [0.1, 0.15) is 0 Å². The molecule has 2 saturated heterocycles. The predicted molar refractivity (Wildman–Crippen MR) is 84.9 cm³/mol. The average molecular weight is 279 g/mol. The molecule has 1 unspecified atom stereocenters. The van der Waals surface area contributed by atoms with Gasteiger partial charge in [-0.2, -0.15) is 0 Å². The Morgan fingerprint density at radius 3 is 2.35 bits per heavy atom. The average Bonchev–Trinajstić information content (AvgIpc) is 2.96. The highest BCUT2D eigenvalue weighted by atomic mass is 15.3. The van der Waals surface area contributed by atoms with E-state index in [0.29, 0.717) is 0 Å². The number of likely N-dealkylation sites (tertiary alicyclic amines) is 2. The van der Waals surface area contributed by atoms with Crippen molar-refractivity contribution in [3.05, 3.63) is 0 Å². The van der Waals surface area contributed by atoms with E-state index in [2.05, 4.69) is 9.80 Å². The first-order chi connectivity index (χ1) is 9.75. The first-order valence-electron chi connectivity index (χ1n) is 9.01. The standard InChI is InChI=1S/C17H33N3/c18-17(8-3-1-4-9-17)10-14-19-13-7-16(15-19)20-11-5-2-6-12-20/h16H,1-15,18H2. The molecule has 3 rings (SSSR count). The Morgan fingerprint density at radius 2 is 1.60 bits per heavy atom. The van der Waals surface area contributed by atoms with Crippen LogP contribution in [0, 0.1) is 0 Å². The summed E-state index contributed by atoms with van der Waals surface area (Å²) in [6, 6.07) is 0.843. The lowest BCUT2D eigenvalue weighted by Gasteiger charge is -2.35. The summed E-state index contributed by atoms with van der Waals surface area (Å²) in [7, 11) is 0. The van der Waals surface area contributed by atoms with E-state index in [-0.39, 0.29) is 5.54 Å². The van der Waals surface area contributed by atoms with Crippen molar-refractivity contribution in [1.29, 1.82) is 0 Å². The van der Waals surface area contributed by atoms with E-state index in [1.807, 2.05) is 0 Å². The van der Waals surface area contributed by atoms with Gasteiger partial charge in [-0.05, 0) is 64.7 Å². The minimum absolute atomic E-state index is 0.168. The van der Waals surface area contributed by atoms with E-state index in [9.17, 15) is 0 Å². The topological polar surface area (TPSA) is 32.5 Å². The maximum atomic E-state index is 6.58. The van der Waals surface area contributed by atoms with Gasteiger partial charge in [0.2, 0.25) is 0 Å². The lowest BCUT2D eigenvalue weighted by Crippen LogP contribution is -2.45. The summed E-state index contributed by atoms with van der Waals surface area (Å²) in [5, 5.41) is 0. The molecule has 1 atom stereocenters. The molecule has 0 amide bonds. The lowest BCUT2D eigenvalue weighted by atomic mass is 9.80. The molecule has 2 aliphatic heterocycles. The maximum Gasteiger partial charge on any atom is 0.0235 e. The first kappa shape index (κ1) is 14.8. The van der Waals surface area contributed by atoms with Crippen LogP contribution in [0.1, 0.15) is 64.2 Å². The van der Waals surface area contributed by atoms with Gasteiger partial charge in [-0.3, -0.25) is 4.90 Å². The highest BCUT2D eigenvalue weighted by Gasteiger charge is 2.31. The lowest BCUT2D eigenvalue weighted by molar-refractivity contribution is 0.158. The molecule has 0 aromatic rings. The zero-order valence-corrected chi connectivity index (χ0v) is 13.2.